The van der Waals surface area contributed by atoms with Crippen LogP contribution < -0.4 is 10.6 Å². The molecule has 2 aromatic rings. The highest BCUT2D eigenvalue weighted by atomic mass is 79.9. The van der Waals surface area contributed by atoms with Gasteiger partial charge in [-0.3, -0.25) is 9.78 Å². The smallest absolute Gasteiger partial charge is 0.264 e. The van der Waals surface area contributed by atoms with Gasteiger partial charge in [0.05, 0.1) is 26.2 Å². The molecule has 0 radical (unpaired) electrons. The van der Waals surface area contributed by atoms with Gasteiger partial charge in [0, 0.05) is 32.4 Å². The van der Waals surface area contributed by atoms with E-state index in [1.807, 2.05) is 23.1 Å². The first-order valence-corrected chi connectivity index (χ1v) is 8.25. The molecule has 1 saturated heterocycles. The number of hydrogen-bond acceptors (Lipinski definition) is 5. The Balaban J connectivity index is 1.65. The second kappa shape index (κ2) is 6.03. The quantitative estimate of drug-likeness (QED) is 0.886. The van der Waals surface area contributed by atoms with E-state index in [1.54, 1.807) is 12.4 Å². The van der Waals surface area contributed by atoms with E-state index < -0.39 is 0 Å². The molecule has 21 heavy (non-hydrogen) atoms. The van der Waals surface area contributed by atoms with Crippen LogP contribution in [0.1, 0.15) is 9.67 Å². The average Bonchev–Trinajstić information content (AvgIpc) is 2.94. The Morgan fingerprint density at radius 1 is 1.24 bits per heavy atom. The lowest BCUT2D eigenvalue weighted by Gasteiger charge is -2.36. The highest BCUT2D eigenvalue weighted by Crippen LogP contribution is 2.25. The Kier molecular flexibility index (Phi) is 4.12. The van der Waals surface area contributed by atoms with Crippen LogP contribution >= 0.6 is 27.3 Å². The number of carbonyl (C=O) groups excluding carboxylic acids is 1. The number of carbonyl (C=O) groups is 1. The zero-order valence-corrected chi connectivity index (χ0v) is 13.7. The highest BCUT2D eigenvalue weighted by molar-refractivity contribution is 9.11. The van der Waals surface area contributed by atoms with Gasteiger partial charge in [-0.1, -0.05) is 0 Å². The number of hydrogen-bond donors (Lipinski definition) is 1. The number of piperazine rings is 1. The molecule has 0 atom stereocenters. The first-order valence-electron chi connectivity index (χ1n) is 6.64. The van der Waals surface area contributed by atoms with Crippen molar-refractivity contribution in [2.75, 3.05) is 36.8 Å². The number of halogens is 1. The van der Waals surface area contributed by atoms with Crippen LogP contribution in [0.5, 0.6) is 0 Å². The molecule has 0 saturated carbocycles. The molecule has 1 amide bonds. The van der Waals surface area contributed by atoms with Gasteiger partial charge in [0.15, 0.2) is 0 Å². The van der Waals surface area contributed by atoms with E-state index in [1.165, 1.54) is 11.3 Å². The van der Waals surface area contributed by atoms with E-state index >= 15 is 0 Å². The zero-order valence-electron chi connectivity index (χ0n) is 11.3. The number of rotatable bonds is 2. The summed E-state index contributed by atoms with van der Waals surface area (Å²) in [6, 6.07) is 5.69. The van der Waals surface area contributed by atoms with Gasteiger partial charge >= 0.3 is 0 Å². The van der Waals surface area contributed by atoms with Gasteiger partial charge in [0.1, 0.15) is 0 Å². The van der Waals surface area contributed by atoms with E-state index in [0.29, 0.717) is 18.8 Å². The summed E-state index contributed by atoms with van der Waals surface area (Å²) in [6.45, 7) is 2.98. The number of nitrogen functional groups attached to an aromatic ring is 1. The predicted octanol–water partition coefficient (Wildman–Crippen LogP) is 2.45. The predicted molar refractivity (Wildman–Crippen MR) is 88.8 cm³/mol. The van der Waals surface area contributed by atoms with Gasteiger partial charge in [0.25, 0.3) is 5.91 Å². The minimum Gasteiger partial charge on any atom is -0.396 e. The van der Waals surface area contributed by atoms with Gasteiger partial charge in [-0.25, -0.2) is 0 Å². The summed E-state index contributed by atoms with van der Waals surface area (Å²) in [5.74, 6) is 0.105. The minimum absolute atomic E-state index is 0.105. The van der Waals surface area contributed by atoms with Crippen LogP contribution in [-0.2, 0) is 0 Å². The summed E-state index contributed by atoms with van der Waals surface area (Å²) in [6.07, 6.45) is 3.41. The molecule has 7 heteroatoms. The summed E-state index contributed by atoms with van der Waals surface area (Å²) in [4.78, 5) is 21.3. The monoisotopic (exact) mass is 366 g/mol. The first-order chi connectivity index (χ1) is 10.1. The molecular weight excluding hydrogens is 352 g/mol. The molecule has 0 aliphatic carbocycles. The fourth-order valence-electron chi connectivity index (χ4n) is 2.42. The molecule has 3 heterocycles. The maximum atomic E-state index is 12.4. The topological polar surface area (TPSA) is 62.5 Å². The van der Waals surface area contributed by atoms with Gasteiger partial charge in [-0.15, -0.1) is 11.3 Å². The molecule has 2 N–H and O–H groups in total. The summed E-state index contributed by atoms with van der Waals surface area (Å²) in [7, 11) is 0. The van der Waals surface area contributed by atoms with Crippen molar-refractivity contribution in [2.24, 2.45) is 0 Å². The van der Waals surface area contributed by atoms with E-state index in [4.69, 9.17) is 5.73 Å². The lowest BCUT2D eigenvalue weighted by atomic mass is 10.2. The van der Waals surface area contributed by atoms with Crippen molar-refractivity contribution in [3.63, 3.8) is 0 Å². The van der Waals surface area contributed by atoms with Crippen LogP contribution in [0, 0.1) is 0 Å². The van der Waals surface area contributed by atoms with Crippen LogP contribution in [0.15, 0.2) is 34.4 Å². The zero-order chi connectivity index (χ0) is 14.8. The molecule has 0 unspecified atom stereocenters. The van der Waals surface area contributed by atoms with Gasteiger partial charge in [-0.05, 0) is 34.1 Å². The third kappa shape index (κ3) is 3.03. The van der Waals surface area contributed by atoms with Crippen molar-refractivity contribution < 1.29 is 4.79 Å². The third-order valence-corrected chi connectivity index (χ3v) is 5.13. The molecule has 0 aromatic carbocycles. The van der Waals surface area contributed by atoms with Crippen LogP contribution in [-0.4, -0.2) is 42.0 Å². The van der Waals surface area contributed by atoms with E-state index in [-0.39, 0.29) is 5.91 Å². The number of nitrogens with zero attached hydrogens (tertiary/aromatic N) is 3. The van der Waals surface area contributed by atoms with Gasteiger partial charge in [-0.2, -0.15) is 0 Å². The Bertz CT molecular complexity index is 652. The van der Waals surface area contributed by atoms with Crippen molar-refractivity contribution >= 4 is 44.5 Å². The average molecular weight is 367 g/mol. The first kappa shape index (κ1) is 14.3. The Morgan fingerprint density at radius 3 is 2.62 bits per heavy atom. The lowest BCUT2D eigenvalue weighted by Crippen LogP contribution is -2.48. The van der Waals surface area contributed by atoms with Crippen LogP contribution in [0.4, 0.5) is 11.4 Å². The van der Waals surface area contributed by atoms with Crippen LogP contribution in [0.3, 0.4) is 0 Å². The SMILES string of the molecule is Nc1cnccc1N1CCN(C(=O)c2ccc(Br)s2)CC1. The third-order valence-electron chi connectivity index (χ3n) is 3.52. The largest absolute Gasteiger partial charge is 0.396 e. The number of anilines is 2. The molecule has 3 rings (SSSR count). The van der Waals surface area contributed by atoms with Crippen molar-refractivity contribution in [3.05, 3.63) is 39.3 Å². The molecule has 0 spiro atoms. The normalized spacial score (nSPS) is 15.3. The fourth-order valence-corrected chi connectivity index (χ4v) is 3.78. The molecule has 2 aromatic heterocycles. The molecule has 0 bridgehead atoms. The molecule has 1 aliphatic rings. The number of aromatic nitrogens is 1. The second-order valence-corrected chi connectivity index (χ2v) is 7.28. The maximum absolute atomic E-state index is 12.4. The number of thiophene rings is 1. The molecule has 110 valence electrons. The standard InChI is InChI=1S/C14H15BrN4OS/c15-13-2-1-12(21-13)14(20)19-7-5-18(6-8-19)11-3-4-17-9-10(11)16/h1-4,9H,5-8,16H2. The van der Waals surface area contributed by atoms with Crippen LogP contribution in [0.25, 0.3) is 0 Å². The molecule has 1 aliphatic heterocycles. The minimum atomic E-state index is 0.105. The van der Waals surface area contributed by atoms with Gasteiger partial charge < -0.3 is 15.5 Å². The number of pyridine rings is 1. The second-order valence-electron chi connectivity index (χ2n) is 4.82. The van der Waals surface area contributed by atoms with E-state index in [0.717, 1.165) is 27.4 Å². The lowest BCUT2D eigenvalue weighted by molar-refractivity contribution is 0.0751. The van der Waals surface area contributed by atoms with Crippen LogP contribution in [0.2, 0.25) is 0 Å². The summed E-state index contributed by atoms with van der Waals surface area (Å²) in [5.41, 5.74) is 7.63. The Hall–Kier alpha value is -1.60. The van der Waals surface area contributed by atoms with Crippen molar-refractivity contribution in [1.29, 1.82) is 0 Å². The molecule has 1 fully saturated rings. The van der Waals surface area contributed by atoms with Crippen molar-refractivity contribution in [2.45, 2.75) is 0 Å². The van der Waals surface area contributed by atoms with Crippen molar-refractivity contribution in [1.82, 2.24) is 9.88 Å². The van der Waals surface area contributed by atoms with E-state index in [9.17, 15) is 4.79 Å². The summed E-state index contributed by atoms with van der Waals surface area (Å²) in [5, 5.41) is 0. The van der Waals surface area contributed by atoms with E-state index in [2.05, 4.69) is 25.8 Å². The van der Waals surface area contributed by atoms with Crippen molar-refractivity contribution in [3.8, 4) is 0 Å². The molecule has 5 nitrogen and oxygen atoms in total. The maximum Gasteiger partial charge on any atom is 0.264 e. The number of nitrogens with two attached hydrogens (primary N) is 1. The fraction of sp³-hybridized carbons (Fsp3) is 0.286. The molecular formula is C14H15BrN4OS. The number of amides is 1. The Morgan fingerprint density at radius 2 is 2.00 bits per heavy atom. The van der Waals surface area contributed by atoms with Gasteiger partial charge in [0.2, 0.25) is 0 Å². The summed E-state index contributed by atoms with van der Waals surface area (Å²) >= 11 is 4.87. The summed E-state index contributed by atoms with van der Waals surface area (Å²) < 4.78 is 0.981. The Labute approximate surface area is 135 Å². The highest BCUT2D eigenvalue weighted by Gasteiger charge is 2.23.